The minimum Gasteiger partial charge on any atom is -0.493 e. The number of H-pyrrole nitrogens is 1. The van der Waals surface area contributed by atoms with Gasteiger partial charge in [0.25, 0.3) is 0 Å². The van der Waals surface area contributed by atoms with Crippen LogP contribution in [0.4, 0.5) is 5.69 Å². The predicted octanol–water partition coefficient (Wildman–Crippen LogP) is 5.34. The van der Waals surface area contributed by atoms with E-state index in [4.69, 9.17) is 12.2 Å². The Morgan fingerprint density at radius 1 is 1.21 bits per heavy atom. The zero-order valence-electron chi connectivity index (χ0n) is 15.2. The molecule has 4 saturated carbocycles. The van der Waals surface area contributed by atoms with Crippen molar-refractivity contribution in [1.29, 1.82) is 0 Å². The Morgan fingerprint density at radius 2 is 1.86 bits per heavy atom. The molecule has 1 aromatic carbocycles. The van der Waals surface area contributed by atoms with Crippen molar-refractivity contribution in [3.05, 3.63) is 22.7 Å². The molecule has 6 nitrogen and oxygen atoms in total. The van der Waals surface area contributed by atoms with Gasteiger partial charge < -0.3 is 10.1 Å². The van der Waals surface area contributed by atoms with E-state index in [1.165, 1.54) is 19.3 Å². The number of azo groups is 1. The van der Waals surface area contributed by atoms with Gasteiger partial charge in [-0.05, 0) is 86.7 Å². The minimum absolute atomic E-state index is 0.00134. The van der Waals surface area contributed by atoms with Crippen LogP contribution in [-0.4, -0.2) is 21.1 Å². The number of fused-ring (bicyclic) bond motifs is 1. The van der Waals surface area contributed by atoms with E-state index >= 15 is 0 Å². The summed E-state index contributed by atoms with van der Waals surface area (Å²) < 4.78 is 0.869. The first-order chi connectivity index (χ1) is 13.4. The van der Waals surface area contributed by atoms with Gasteiger partial charge in [-0.2, -0.15) is 0 Å². The lowest BCUT2D eigenvalue weighted by Gasteiger charge is -2.55. The average molecular weight is 461 g/mol. The molecule has 1 amide bonds. The van der Waals surface area contributed by atoms with Crippen LogP contribution in [0.1, 0.15) is 38.5 Å². The topological polar surface area (TPSA) is 89.8 Å². The lowest BCUT2D eigenvalue weighted by molar-refractivity contribution is -0.144. The number of hydrogen-bond acceptors (Lipinski definition) is 4. The molecule has 0 unspecified atom stereocenters. The minimum atomic E-state index is -0.276. The summed E-state index contributed by atoms with van der Waals surface area (Å²) in [6.45, 7) is 0. The number of aromatic nitrogens is 1. The summed E-state index contributed by atoms with van der Waals surface area (Å²) in [5, 5.41) is 21.8. The number of hydrogen-bond donors (Lipinski definition) is 3. The maximum Gasteiger partial charge on any atom is 0.232 e. The number of aromatic hydroxyl groups is 1. The average Bonchev–Trinajstić information content (AvgIpc) is 2.93. The number of carbonyl (C=O) groups excluding carboxylic acids is 1. The SMILES string of the molecule is O=C(NC(=S)N=Nc1c(O)[nH]c2ccc(Br)cc12)C12CC3CC(CC(C3)C1)C2. The number of benzene rings is 1. The van der Waals surface area contributed by atoms with Crippen LogP contribution >= 0.6 is 28.1 Å². The van der Waals surface area contributed by atoms with E-state index in [0.29, 0.717) is 23.4 Å². The van der Waals surface area contributed by atoms with Crippen molar-refractivity contribution >= 4 is 55.8 Å². The van der Waals surface area contributed by atoms with Gasteiger partial charge >= 0.3 is 0 Å². The molecule has 1 aromatic heterocycles. The van der Waals surface area contributed by atoms with Crippen molar-refractivity contribution in [2.24, 2.45) is 33.4 Å². The fraction of sp³-hybridized carbons (Fsp3) is 0.500. The summed E-state index contributed by atoms with van der Waals surface area (Å²) in [5.41, 5.74) is 0.781. The quantitative estimate of drug-likeness (QED) is 0.417. The van der Waals surface area contributed by atoms with Crippen molar-refractivity contribution < 1.29 is 9.90 Å². The van der Waals surface area contributed by atoms with Crippen LogP contribution in [-0.2, 0) is 4.79 Å². The number of amides is 1. The molecule has 4 aliphatic carbocycles. The second kappa shape index (κ2) is 6.62. The molecule has 3 N–H and O–H groups in total. The largest absolute Gasteiger partial charge is 0.493 e. The molecular weight excluding hydrogens is 440 g/mol. The second-order valence-corrected chi connectivity index (χ2v) is 9.97. The summed E-state index contributed by atoms with van der Waals surface area (Å²) in [5.74, 6) is 1.99. The lowest BCUT2D eigenvalue weighted by atomic mass is 9.49. The standard InChI is InChI=1S/C20H21BrN4O2S/c21-13-1-2-15-14(6-13)16(17(26)22-15)24-25-19(28)23-18(27)20-7-10-3-11(8-20)5-12(4-10)9-20/h1-2,6,10-12,22,26H,3-5,7-9H2,(H,23,27,28). The van der Waals surface area contributed by atoms with Gasteiger partial charge in [0.05, 0.1) is 10.9 Å². The molecule has 4 bridgehead atoms. The molecule has 0 spiro atoms. The van der Waals surface area contributed by atoms with Gasteiger partial charge in [-0.25, -0.2) is 0 Å². The van der Waals surface area contributed by atoms with E-state index in [-0.39, 0.29) is 22.3 Å². The number of nitrogens with one attached hydrogen (secondary N) is 2. The Hall–Kier alpha value is -1.80. The van der Waals surface area contributed by atoms with Crippen LogP contribution in [0.5, 0.6) is 5.88 Å². The maximum absolute atomic E-state index is 13.0. The third-order valence-corrected chi connectivity index (χ3v) is 7.37. The summed E-state index contributed by atoms with van der Waals surface area (Å²) in [6, 6.07) is 5.55. The first-order valence-corrected chi connectivity index (χ1v) is 10.9. The highest BCUT2D eigenvalue weighted by molar-refractivity contribution is 9.10. The Morgan fingerprint density at radius 3 is 2.50 bits per heavy atom. The normalized spacial score (nSPS) is 31.0. The second-order valence-electron chi connectivity index (χ2n) is 8.67. The van der Waals surface area contributed by atoms with E-state index < -0.39 is 0 Å². The molecule has 4 aliphatic rings. The van der Waals surface area contributed by atoms with Crippen LogP contribution in [0.3, 0.4) is 0 Å². The predicted molar refractivity (Wildman–Crippen MR) is 114 cm³/mol. The zero-order chi connectivity index (χ0) is 19.5. The Kier molecular flexibility index (Phi) is 4.32. The van der Waals surface area contributed by atoms with E-state index in [0.717, 1.165) is 34.6 Å². The molecular formula is C20H21BrN4O2S. The van der Waals surface area contributed by atoms with Crippen molar-refractivity contribution in [3.8, 4) is 5.88 Å². The molecule has 6 rings (SSSR count). The number of thiocarbonyl (C=S) groups is 1. The molecule has 28 heavy (non-hydrogen) atoms. The van der Waals surface area contributed by atoms with Gasteiger partial charge in [-0.3, -0.25) is 10.1 Å². The third-order valence-electron chi connectivity index (χ3n) is 6.70. The maximum atomic E-state index is 13.0. The summed E-state index contributed by atoms with van der Waals surface area (Å²) in [7, 11) is 0. The number of carbonyl (C=O) groups is 1. The third kappa shape index (κ3) is 3.06. The molecule has 8 heteroatoms. The molecule has 2 aromatic rings. The number of rotatable bonds is 2. The van der Waals surface area contributed by atoms with Gasteiger partial charge in [0.1, 0.15) is 0 Å². The van der Waals surface area contributed by atoms with Crippen LogP contribution in [0, 0.1) is 23.2 Å². The number of aromatic amines is 1. The highest BCUT2D eigenvalue weighted by Gasteiger charge is 2.54. The van der Waals surface area contributed by atoms with Crippen molar-refractivity contribution in [3.63, 3.8) is 0 Å². The Bertz CT molecular complexity index is 980. The Balaban J connectivity index is 1.32. The van der Waals surface area contributed by atoms with Gasteiger partial charge in [-0.1, -0.05) is 15.9 Å². The van der Waals surface area contributed by atoms with Crippen LogP contribution in [0.2, 0.25) is 0 Å². The summed E-state index contributed by atoms with van der Waals surface area (Å²) >= 11 is 8.67. The van der Waals surface area contributed by atoms with Gasteiger partial charge in [-0.15, -0.1) is 10.2 Å². The van der Waals surface area contributed by atoms with Crippen molar-refractivity contribution in [2.45, 2.75) is 38.5 Å². The van der Waals surface area contributed by atoms with E-state index in [2.05, 4.69) is 36.5 Å². The van der Waals surface area contributed by atoms with Crippen molar-refractivity contribution in [1.82, 2.24) is 10.3 Å². The van der Waals surface area contributed by atoms with E-state index in [1.807, 2.05) is 18.2 Å². The monoisotopic (exact) mass is 460 g/mol. The summed E-state index contributed by atoms with van der Waals surface area (Å²) in [4.78, 5) is 15.9. The molecule has 0 atom stereocenters. The van der Waals surface area contributed by atoms with Crippen molar-refractivity contribution in [2.75, 3.05) is 0 Å². The van der Waals surface area contributed by atoms with E-state index in [9.17, 15) is 9.90 Å². The Labute approximate surface area is 176 Å². The zero-order valence-corrected chi connectivity index (χ0v) is 17.6. The first kappa shape index (κ1) is 18.2. The van der Waals surface area contributed by atoms with Crippen LogP contribution in [0.15, 0.2) is 32.9 Å². The van der Waals surface area contributed by atoms with Gasteiger partial charge in [0.2, 0.25) is 16.9 Å². The molecule has 0 radical (unpaired) electrons. The molecule has 1 heterocycles. The van der Waals surface area contributed by atoms with Crippen LogP contribution < -0.4 is 5.32 Å². The molecule has 0 saturated heterocycles. The number of halogens is 1. The summed E-state index contributed by atoms with van der Waals surface area (Å²) in [6.07, 6.45) is 6.77. The molecule has 0 aliphatic heterocycles. The fourth-order valence-electron chi connectivity index (χ4n) is 5.98. The van der Waals surface area contributed by atoms with Gasteiger partial charge in [0, 0.05) is 9.86 Å². The fourth-order valence-corrected chi connectivity index (χ4v) is 6.47. The smallest absolute Gasteiger partial charge is 0.232 e. The molecule has 146 valence electrons. The van der Waals surface area contributed by atoms with E-state index in [1.54, 1.807) is 0 Å². The van der Waals surface area contributed by atoms with Crippen LogP contribution in [0.25, 0.3) is 10.9 Å². The number of nitrogens with zero attached hydrogens (tertiary/aromatic N) is 2. The lowest BCUT2D eigenvalue weighted by Crippen LogP contribution is -2.54. The first-order valence-electron chi connectivity index (χ1n) is 9.69. The molecule has 4 fully saturated rings. The highest BCUT2D eigenvalue weighted by Crippen LogP contribution is 2.60. The van der Waals surface area contributed by atoms with Gasteiger partial charge in [0.15, 0.2) is 5.69 Å². The highest BCUT2D eigenvalue weighted by atomic mass is 79.9.